The quantitative estimate of drug-likeness (QED) is 0.130. The summed E-state index contributed by atoms with van der Waals surface area (Å²) in [5.41, 5.74) is 15.3. The number of nitrogens with zero attached hydrogens (tertiary/aromatic N) is 3. The number of benzene rings is 11. The number of fused-ring (bicyclic) bond motifs is 6. The van der Waals surface area contributed by atoms with Gasteiger partial charge < -0.3 is 23.5 Å². The van der Waals surface area contributed by atoms with Crippen molar-refractivity contribution < 1.29 is 9.47 Å². The zero-order valence-corrected chi connectivity index (χ0v) is 39.6. The minimum Gasteiger partial charge on any atom is -0.457 e. The summed E-state index contributed by atoms with van der Waals surface area (Å²) in [5.74, 6) is 2.85. The van der Waals surface area contributed by atoms with Crippen molar-refractivity contribution in [2.24, 2.45) is 0 Å². The van der Waals surface area contributed by atoms with Crippen molar-refractivity contribution in [3.05, 3.63) is 272 Å². The zero-order valence-electron chi connectivity index (χ0n) is 39.6. The molecule has 13 aromatic rings. The van der Waals surface area contributed by atoms with Crippen LogP contribution in [-0.4, -0.2) is 9.13 Å². The highest BCUT2D eigenvalue weighted by molar-refractivity contribution is 6.10. The van der Waals surface area contributed by atoms with Crippen molar-refractivity contribution in [3.63, 3.8) is 0 Å². The van der Waals surface area contributed by atoms with Gasteiger partial charge in [-0.05, 0) is 126 Å². The highest BCUT2D eigenvalue weighted by Gasteiger charge is 2.20. The number of hydrogen-bond donors (Lipinski definition) is 0. The van der Waals surface area contributed by atoms with Crippen molar-refractivity contribution in [1.29, 1.82) is 0 Å². The molecule has 0 radical (unpaired) electrons. The Balaban J connectivity index is 0.802. The average molecular weight is 926 g/mol. The van der Waals surface area contributed by atoms with Crippen LogP contribution in [-0.2, 0) is 0 Å². The largest absolute Gasteiger partial charge is 0.457 e. The lowest BCUT2D eigenvalue weighted by Gasteiger charge is -2.27. The maximum Gasteiger partial charge on any atom is 0.136 e. The molecule has 13 rings (SSSR count). The summed E-state index contributed by atoms with van der Waals surface area (Å²) < 4.78 is 18.4. The van der Waals surface area contributed by atoms with Crippen LogP contribution in [0.2, 0.25) is 0 Å². The summed E-state index contributed by atoms with van der Waals surface area (Å²) in [6.45, 7) is 2.06. The van der Waals surface area contributed by atoms with Crippen LogP contribution >= 0.6 is 0 Å². The van der Waals surface area contributed by atoms with Crippen molar-refractivity contribution >= 4 is 60.7 Å². The molecule has 0 aliphatic heterocycles. The standard InChI is InChI=1S/C67H47N3O2/c1-46-66(71-56-40-32-49(33-41-56)47-28-36-53(37-29-47)69-62-24-12-8-20-58(62)59-21-9-13-25-63(59)69)44-55(68(51-16-4-2-5-17-51)52-18-6-3-7-19-52)45-67(46)72-57-42-34-50(35-43-57)48-30-38-54(39-31-48)70-64-26-14-10-22-60(64)61-23-11-15-27-65(61)70/h2-45H,1H3. The highest BCUT2D eigenvalue weighted by atomic mass is 16.5. The van der Waals surface area contributed by atoms with E-state index in [1.807, 2.05) is 36.4 Å². The van der Waals surface area contributed by atoms with Crippen molar-refractivity contribution in [2.75, 3.05) is 4.90 Å². The molecule has 11 aromatic carbocycles. The van der Waals surface area contributed by atoms with E-state index in [9.17, 15) is 0 Å². The monoisotopic (exact) mass is 925 g/mol. The van der Waals surface area contributed by atoms with Crippen LogP contribution in [0.3, 0.4) is 0 Å². The fraction of sp³-hybridized carbons (Fsp3) is 0.0149. The van der Waals surface area contributed by atoms with Gasteiger partial charge in [-0.2, -0.15) is 0 Å². The van der Waals surface area contributed by atoms with Crippen LogP contribution in [0.1, 0.15) is 5.56 Å². The predicted octanol–water partition coefficient (Wildman–Crippen LogP) is 18.6. The molecule has 342 valence electrons. The molecule has 5 heteroatoms. The Bertz CT molecular complexity index is 3700. The fourth-order valence-electron chi connectivity index (χ4n) is 10.3. The Morgan fingerprint density at radius 3 is 0.917 bits per heavy atom. The average Bonchev–Trinajstić information content (AvgIpc) is 3.96. The number of rotatable bonds is 11. The third-order valence-corrected chi connectivity index (χ3v) is 13.8. The van der Waals surface area contributed by atoms with Crippen molar-refractivity contribution in [2.45, 2.75) is 6.92 Å². The number of hydrogen-bond acceptors (Lipinski definition) is 3. The van der Waals surface area contributed by atoms with Gasteiger partial charge in [-0.25, -0.2) is 0 Å². The molecular formula is C67H47N3O2. The van der Waals surface area contributed by atoms with E-state index in [0.29, 0.717) is 11.5 Å². The Hall–Kier alpha value is -9.58. The van der Waals surface area contributed by atoms with E-state index in [-0.39, 0.29) is 0 Å². The summed E-state index contributed by atoms with van der Waals surface area (Å²) in [5, 5.41) is 5.01. The predicted molar refractivity (Wildman–Crippen MR) is 298 cm³/mol. The Kier molecular flexibility index (Phi) is 10.7. The molecule has 5 nitrogen and oxygen atoms in total. The second-order valence-corrected chi connectivity index (χ2v) is 18.2. The van der Waals surface area contributed by atoms with Gasteiger partial charge in [-0.15, -0.1) is 0 Å². The maximum absolute atomic E-state index is 6.84. The van der Waals surface area contributed by atoms with E-state index in [0.717, 1.165) is 67.8 Å². The van der Waals surface area contributed by atoms with E-state index in [1.54, 1.807) is 0 Å². The lowest BCUT2D eigenvalue weighted by atomic mass is 10.0. The van der Waals surface area contributed by atoms with E-state index >= 15 is 0 Å². The van der Waals surface area contributed by atoms with Gasteiger partial charge in [0.05, 0.1) is 27.8 Å². The Morgan fingerprint density at radius 2 is 0.583 bits per heavy atom. The molecule has 0 bridgehead atoms. The molecule has 0 spiro atoms. The van der Waals surface area contributed by atoms with Gasteiger partial charge in [0.1, 0.15) is 23.0 Å². The first-order valence-electron chi connectivity index (χ1n) is 24.4. The molecule has 0 unspecified atom stereocenters. The molecule has 72 heavy (non-hydrogen) atoms. The van der Waals surface area contributed by atoms with Gasteiger partial charge in [0, 0.05) is 62.0 Å². The minimum absolute atomic E-state index is 0.697. The third-order valence-electron chi connectivity index (χ3n) is 13.8. The molecule has 0 N–H and O–H groups in total. The fourth-order valence-corrected chi connectivity index (χ4v) is 10.3. The second kappa shape index (κ2) is 18.1. The van der Waals surface area contributed by atoms with Crippen LogP contribution in [0, 0.1) is 6.92 Å². The summed E-state index contributed by atoms with van der Waals surface area (Å²) in [6.07, 6.45) is 0. The van der Waals surface area contributed by atoms with E-state index in [1.165, 1.54) is 43.6 Å². The smallest absolute Gasteiger partial charge is 0.136 e. The number of anilines is 3. The van der Waals surface area contributed by atoms with E-state index in [2.05, 4.69) is 251 Å². The lowest BCUT2D eigenvalue weighted by Crippen LogP contribution is -2.10. The molecule has 0 atom stereocenters. The van der Waals surface area contributed by atoms with Crippen LogP contribution in [0.25, 0.3) is 77.2 Å². The van der Waals surface area contributed by atoms with Crippen LogP contribution in [0.5, 0.6) is 23.0 Å². The van der Waals surface area contributed by atoms with Crippen LogP contribution in [0.4, 0.5) is 17.1 Å². The van der Waals surface area contributed by atoms with Crippen molar-refractivity contribution in [3.8, 4) is 56.6 Å². The highest BCUT2D eigenvalue weighted by Crippen LogP contribution is 2.44. The molecule has 2 heterocycles. The van der Waals surface area contributed by atoms with Gasteiger partial charge in [0.2, 0.25) is 0 Å². The van der Waals surface area contributed by atoms with Gasteiger partial charge in [-0.3, -0.25) is 0 Å². The molecule has 0 amide bonds. The number of para-hydroxylation sites is 6. The first kappa shape index (κ1) is 42.5. The first-order chi connectivity index (χ1) is 35.6. The topological polar surface area (TPSA) is 31.6 Å². The van der Waals surface area contributed by atoms with Gasteiger partial charge in [0.15, 0.2) is 0 Å². The number of ether oxygens (including phenoxy) is 2. The minimum atomic E-state index is 0.697. The molecule has 0 aliphatic carbocycles. The van der Waals surface area contributed by atoms with E-state index in [4.69, 9.17) is 9.47 Å². The Morgan fingerprint density at radius 1 is 0.292 bits per heavy atom. The van der Waals surface area contributed by atoms with E-state index < -0.39 is 0 Å². The summed E-state index contributed by atoms with van der Waals surface area (Å²) >= 11 is 0. The summed E-state index contributed by atoms with van der Waals surface area (Å²) in [7, 11) is 0. The van der Waals surface area contributed by atoms with Crippen LogP contribution < -0.4 is 14.4 Å². The van der Waals surface area contributed by atoms with Gasteiger partial charge in [0.25, 0.3) is 0 Å². The summed E-state index contributed by atoms with van der Waals surface area (Å²) in [4.78, 5) is 2.23. The van der Waals surface area contributed by atoms with Gasteiger partial charge in [-0.1, -0.05) is 158 Å². The second-order valence-electron chi connectivity index (χ2n) is 18.2. The molecule has 0 saturated carbocycles. The number of aromatic nitrogens is 2. The summed E-state index contributed by atoms with van der Waals surface area (Å²) in [6, 6.07) is 93.8. The first-order valence-corrected chi connectivity index (χ1v) is 24.4. The molecule has 0 aliphatic rings. The SMILES string of the molecule is Cc1c(Oc2ccc(-c3ccc(-n4c5ccccc5c5ccccc54)cc3)cc2)cc(N(c2ccccc2)c2ccccc2)cc1Oc1ccc(-c2ccc(-n3c4ccccc4c4ccccc43)cc2)cc1. The zero-order chi connectivity index (χ0) is 48.0. The Labute approximate surface area is 418 Å². The van der Waals surface area contributed by atoms with Crippen molar-refractivity contribution in [1.82, 2.24) is 9.13 Å². The lowest BCUT2D eigenvalue weighted by molar-refractivity contribution is 0.454. The third kappa shape index (κ3) is 7.70. The molecular weight excluding hydrogens is 879 g/mol. The normalized spacial score (nSPS) is 11.4. The van der Waals surface area contributed by atoms with Gasteiger partial charge >= 0.3 is 0 Å². The maximum atomic E-state index is 6.84. The molecule has 2 aromatic heterocycles. The van der Waals surface area contributed by atoms with Crippen LogP contribution in [0.15, 0.2) is 267 Å². The molecule has 0 fully saturated rings. The molecule has 0 saturated heterocycles.